The zero-order chi connectivity index (χ0) is 17.5. The van der Waals surface area contributed by atoms with Gasteiger partial charge in [0.15, 0.2) is 5.41 Å². The topological polar surface area (TPSA) is 105 Å². The Hall–Kier alpha value is -1.96. The molecule has 2 fully saturated rings. The minimum Gasteiger partial charge on any atom is -0.465 e. The molecule has 8 nitrogen and oxygen atoms in total. The van der Waals surface area contributed by atoms with E-state index in [0.717, 1.165) is 0 Å². The Morgan fingerprint density at radius 2 is 1.92 bits per heavy atom. The summed E-state index contributed by atoms with van der Waals surface area (Å²) in [5.41, 5.74) is -2.65. The summed E-state index contributed by atoms with van der Waals surface area (Å²) in [6, 6.07) is 0. The number of carbonyl (C=O) groups is 2. The van der Waals surface area contributed by atoms with Gasteiger partial charge in [0.25, 0.3) is 0 Å². The van der Waals surface area contributed by atoms with Crippen molar-refractivity contribution in [2.75, 3.05) is 19.8 Å². The maximum atomic E-state index is 12.8. The maximum Gasteiger partial charge on any atom is 0.324 e. The predicted molar refractivity (Wildman–Crippen MR) is 80.5 cm³/mol. The van der Waals surface area contributed by atoms with Crippen LogP contribution in [0.25, 0.3) is 0 Å². The first-order chi connectivity index (χ1) is 11.4. The van der Waals surface area contributed by atoms with Crippen LogP contribution in [0.2, 0.25) is 0 Å². The van der Waals surface area contributed by atoms with Gasteiger partial charge in [0.1, 0.15) is 5.60 Å². The first-order valence-electron chi connectivity index (χ1n) is 8.24. The molecule has 0 unspecified atom stereocenters. The summed E-state index contributed by atoms with van der Waals surface area (Å²) in [4.78, 5) is 36.3. The summed E-state index contributed by atoms with van der Waals surface area (Å²) < 4.78 is 16.2. The molecule has 1 spiro atoms. The standard InChI is InChI=1S/C16H21NO7/c1-3-22-13(18)15(14(19)23-4-2)8-10-7-11-5-6-16(10,24-11)12(15)9-17(20)21/h5-6,10-12H,3-4,7-9H2,1-2H3/t10-,11+,12+,16-/m0/s1. The first kappa shape index (κ1) is 16.9. The van der Waals surface area contributed by atoms with Crippen LogP contribution in [-0.4, -0.2) is 48.3 Å². The summed E-state index contributed by atoms with van der Waals surface area (Å²) in [7, 11) is 0. The van der Waals surface area contributed by atoms with Crippen LogP contribution in [0.5, 0.6) is 0 Å². The minimum atomic E-state index is -1.69. The van der Waals surface area contributed by atoms with Crippen molar-refractivity contribution >= 4 is 11.9 Å². The molecule has 2 heterocycles. The second kappa shape index (κ2) is 5.84. The van der Waals surface area contributed by atoms with Gasteiger partial charge >= 0.3 is 11.9 Å². The summed E-state index contributed by atoms with van der Waals surface area (Å²) in [5, 5.41) is 11.3. The molecule has 0 amide bonds. The van der Waals surface area contributed by atoms with Crippen LogP contribution in [-0.2, 0) is 23.8 Å². The first-order valence-corrected chi connectivity index (χ1v) is 8.24. The number of nitro groups is 1. The molecule has 1 saturated carbocycles. The van der Waals surface area contributed by atoms with Gasteiger partial charge in [0.05, 0.1) is 25.2 Å². The Labute approximate surface area is 139 Å². The van der Waals surface area contributed by atoms with E-state index in [1.54, 1.807) is 19.9 Å². The van der Waals surface area contributed by atoms with Crippen LogP contribution in [0.4, 0.5) is 0 Å². The minimum absolute atomic E-state index is 0.0855. The fraction of sp³-hybridized carbons (Fsp3) is 0.750. The largest absolute Gasteiger partial charge is 0.465 e. The predicted octanol–water partition coefficient (Wildman–Crippen LogP) is 1.11. The van der Waals surface area contributed by atoms with Crippen molar-refractivity contribution in [3.05, 3.63) is 22.3 Å². The van der Waals surface area contributed by atoms with Crippen molar-refractivity contribution in [3.63, 3.8) is 0 Å². The van der Waals surface area contributed by atoms with Crippen molar-refractivity contribution in [2.24, 2.45) is 17.3 Å². The molecule has 3 rings (SSSR count). The lowest BCUT2D eigenvalue weighted by atomic mass is 9.73. The number of esters is 2. The molecule has 0 aromatic heterocycles. The molecular formula is C16H21NO7. The van der Waals surface area contributed by atoms with E-state index in [0.29, 0.717) is 6.42 Å². The molecule has 2 aliphatic heterocycles. The highest BCUT2D eigenvalue weighted by Crippen LogP contribution is 2.63. The quantitative estimate of drug-likeness (QED) is 0.235. The Morgan fingerprint density at radius 1 is 1.29 bits per heavy atom. The summed E-state index contributed by atoms with van der Waals surface area (Å²) in [6.07, 6.45) is 4.34. The lowest BCUT2D eigenvalue weighted by molar-refractivity contribution is -0.494. The van der Waals surface area contributed by atoms with Crippen LogP contribution in [0.3, 0.4) is 0 Å². The second-order valence-corrected chi connectivity index (χ2v) is 6.49. The van der Waals surface area contributed by atoms with Crippen LogP contribution < -0.4 is 0 Å². The van der Waals surface area contributed by atoms with Gasteiger partial charge in [-0.05, 0) is 32.6 Å². The highest BCUT2D eigenvalue weighted by molar-refractivity contribution is 6.01. The molecule has 0 radical (unpaired) electrons. The fourth-order valence-electron chi connectivity index (χ4n) is 4.57. The normalized spacial score (nSPS) is 34.8. The van der Waals surface area contributed by atoms with Gasteiger partial charge in [-0.3, -0.25) is 19.7 Å². The van der Waals surface area contributed by atoms with Gasteiger partial charge in [0, 0.05) is 4.92 Å². The Bertz CT molecular complexity index is 583. The van der Waals surface area contributed by atoms with Crippen LogP contribution in [0, 0.1) is 27.4 Å². The molecule has 0 N–H and O–H groups in total. The number of fused-ring (bicyclic) bond motifs is 1. The maximum absolute atomic E-state index is 12.8. The van der Waals surface area contributed by atoms with Gasteiger partial charge in [0.2, 0.25) is 6.54 Å². The van der Waals surface area contributed by atoms with E-state index < -0.39 is 40.3 Å². The third kappa shape index (κ3) is 2.16. The van der Waals surface area contributed by atoms with E-state index >= 15 is 0 Å². The molecule has 0 aromatic carbocycles. The number of hydrogen-bond acceptors (Lipinski definition) is 7. The number of carbonyl (C=O) groups excluding carboxylic acids is 2. The smallest absolute Gasteiger partial charge is 0.324 e. The number of nitrogens with zero attached hydrogens (tertiary/aromatic N) is 1. The summed E-state index contributed by atoms with van der Waals surface area (Å²) in [6.45, 7) is 2.89. The molecule has 2 bridgehead atoms. The average Bonchev–Trinajstić information content (AvgIpc) is 3.16. The zero-order valence-corrected chi connectivity index (χ0v) is 13.7. The molecular weight excluding hydrogens is 318 g/mol. The molecule has 1 saturated heterocycles. The van der Waals surface area contributed by atoms with E-state index in [9.17, 15) is 19.7 Å². The van der Waals surface area contributed by atoms with E-state index in [1.807, 2.05) is 6.08 Å². The van der Waals surface area contributed by atoms with Crippen molar-refractivity contribution in [2.45, 2.75) is 38.4 Å². The number of ether oxygens (including phenoxy) is 3. The van der Waals surface area contributed by atoms with Gasteiger partial charge in [-0.15, -0.1) is 0 Å². The Morgan fingerprint density at radius 3 is 2.42 bits per heavy atom. The van der Waals surface area contributed by atoms with Crippen molar-refractivity contribution in [1.29, 1.82) is 0 Å². The molecule has 3 aliphatic rings. The van der Waals surface area contributed by atoms with Crippen LogP contribution in [0.15, 0.2) is 12.2 Å². The van der Waals surface area contributed by atoms with Crippen LogP contribution in [0.1, 0.15) is 26.7 Å². The molecule has 132 valence electrons. The third-order valence-corrected chi connectivity index (χ3v) is 5.40. The summed E-state index contributed by atoms with van der Waals surface area (Å²) in [5.74, 6) is -2.57. The molecule has 24 heavy (non-hydrogen) atoms. The number of hydrogen-bond donors (Lipinski definition) is 0. The van der Waals surface area contributed by atoms with E-state index in [1.165, 1.54) is 0 Å². The highest BCUT2D eigenvalue weighted by Gasteiger charge is 2.75. The zero-order valence-electron chi connectivity index (χ0n) is 13.7. The molecule has 1 aliphatic carbocycles. The molecule has 0 aromatic rings. The molecule has 4 atom stereocenters. The Balaban J connectivity index is 2.08. The second-order valence-electron chi connectivity index (χ2n) is 6.49. The van der Waals surface area contributed by atoms with Crippen molar-refractivity contribution < 1.29 is 28.7 Å². The average molecular weight is 339 g/mol. The monoisotopic (exact) mass is 339 g/mol. The van der Waals surface area contributed by atoms with E-state index in [-0.39, 0.29) is 31.7 Å². The van der Waals surface area contributed by atoms with Gasteiger partial charge in [-0.1, -0.05) is 12.2 Å². The third-order valence-electron chi connectivity index (χ3n) is 5.40. The van der Waals surface area contributed by atoms with Crippen LogP contribution >= 0.6 is 0 Å². The Kier molecular flexibility index (Phi) is 4.11. The SMILES string of the molecule is CCOC(=O)C1(C(=O)OCC)C[C@@H]2C[C@H]3C=C[C@@]2(O3)[C@@H]1C[N+](=O)[O-]. The highest BCUT2D eigenvalue weighted by atomic mass is 16.6. The lowest BCUT2D eigenvalue weighted by Gasteiger charge is -2.34. The number of rotatable bonds is 6. The molecule has 8 heteroatoms. The van der Waals surface area contributed by atoms with E-state index in [2.05, 4.69) is 0 Å². The summed E-state index contributed by atoms with van der Waals surface area (Å²) >= 11 is 0. The van der Waals surface area contributed by atoms with E-state index in [4.69, 9.17) is 14.2 Å². The van der Waals surface area contributed by atoms with Gasteiger partial charge < -0.3 is 14.2 Å². The lowest BCUT2D eigenvalue weighted by Crippen LogP contribution is -2.52. The van der Waals surface area contributed by atoms with Gasteiger partial charge in [-0.25, -0.2) is 0 Å². The van der Waals surface area contributed by atoms with Crippen molar-refractivity contribution in [1.82, 2.24) is 0 Å². The van der Waals surface area contributed by atoms with Crippen molar-refractivity contribution in [3.8, 4) is 0 Å². The van der Waals surface area contributed by atoms with Gasteiger partial charge in [-0.2, -0.15) is 0 Å². The fourth-order valence-corrected chi connectivity index (χ4v) is 4.57.